The highest BCUT2D eigenvalue weighted by Crippen LogP contribution is 2.26. The number of benzene rings is 1. The Morgan fingerprint density at radius 3 is 2.68 bits per heavy atom. The van der Waals surface area contributed by atoms with E-state index < -0.39 is 5.97 Å². The molecule has 0 aliphatic carbocycles. The van der Waals surface area contributed by atoms with Gasteiger partial charge in [0.25, 0.3) is 5.91 Å². The SMILES string of the molecule is CCCNC(=O)c1ccc(-n2cc(C#N)c(N)c2C(=O)OC)c(C)c1. The topological polar surface area (TPSA) is 110 Å². The van der Waals surface area contributed by atoms with Crippen molar-refractivity contribution in [2.24, 2.45) is 0 Å². The maximum Gasteiger partial charge on any atom is 0.357 e. The van der Waals surface area contributed by atoms with Crippen molar-refractivity contribution in [3.8, 4) is 11.8 Å². The van der Waals surface area contributed by atoms with Gasteiger partial charge >= 0.3 is 5.97 Å². The first kappa shape index (κ1) is 18.1. The highest BCUT2D eigenvalue weighted by molar-refractivity contribution is 5.97. The number of carbonyl (C=O) groups excluding carboxylic acids is 2. The second-order valence-electron chi connectivity index (χ2n) is 5.54. The number of hydrogen-bond acceptors (Lipinski definition) is 5. The summed E-state index contributed by atoms with van der Waals surface area (Å²) in [5, 5.41) is 12.0. The number of aryl methyl sites for hydroxylation is 1. The van der Waals surface area contributed by atoms with E-state index in [4.69, 9.17) is 10.5 Å². The van der Waals surface area contributed by atoms with E-state index in [1.54, 1.807) is 18.2 Å². The number of carbonyl (C=O) groups is 2. The summed E-state index contributed by atoms with van der Waals surface area (Å²) in [7, 11) is 1.25. The number of esters is 1. The molecule has 0 atom stereocenters. The van der Waals surface area contributed by atoms with Crippen LogP contribution in [-0.2, 0) is 4.74 Å². The normalized spacial score (nSPS) is 10.2. The second kappa shape index (κ2) is 7.53. The maximum absolute atomic E-state index is 12.1. The van der Waals surface area contributed by atoms with E-state index >= 15 is 0 Å². The minimum absolute atomic E-state index is 0.0681. The van der Waals surface area contributed by atoms with Crippen molar-refractivity contribution in [2.75, 3.05) is 19.4 Å². The third-order valence-corrected chi connectivity index (χ3v) is 3.80. The van der Waals surface area contributed by atoms with Gasteiger partial charge < -0.3 is 20.4 Å². The van der Waals surface area contributed by atoms with Crippen LogP contribution in [0.25, 0.3) is 5.69 Å². The highest BCUT2D eigenvalue weighted by Gasteiger charge is 2.22. The van der Waals surface area contributed by atoms with Crippen LogP contribution in [0.4, 0.5) is 5.69 Å². The number of nitriles is 1. The van der Waals surface area contributed by atoms with Gasteiger partial charge in [-0.1, -0.05) is 6.92 Å². The van der Waals surface area contributed by atoms with Crippen LogP contribution in [0.2, 0.25) is 0 Å². The number of nitrogens with one attached hydrogen (secondary N) is 1. The summed E-state index contributed by atoms with van der Waals surface area (Å²) in [6, 6.07) is 7.06. The monoisotopic (exact) mass is 340 g/mol. The van der Waals surface area contributed by atoms with Crippen LogP contribution in [0, 0.1) is 18.3 Å². The zero-order valence-electron chi connectivity index (χ0n) is 14.4. The Bertz CT molecular complexity index is 862. The number of nitrogens with two attached hydrogens (primary N) is 1. The summed E-state index contributed by atoms with van der Waals surface area (Å²) in [5.41, 5.74) is 8.17. The van der Waals surface area contributed by atoms with Crippen LogP contribution < -0.4 is 11.1 Å². The lowest BCUT2D eigenvalue weighted by atomic mass is 10.1. The van der Waals surface area contributed by atoms with Gasteiger partial charge in [-0.3, -0.25) is 4.79 Å². The summed E-state index contributed by atoms with van der Waals surface area (Å²) in [5.74, 6) is -0.794. The van der Waals surface area contributed by atoms with Gasteiger partial charge in [-0.2, -0.15) is 5.26 Å². The lowest BCUT2D eigenvalue weighted by Gasteiger charge is -2.13. The zero-order chi connectivity index (χ0) is 18.6. The van der Waals surface area contributed by atoms with E-state index in [0.717, 1.165) is 12.0 Å². The fourth-order valence-corrected chi connectivity index (χ4v) is 2.51. The number of hydrogen-bond donors (Lipinski definition) is 2. The Morgan fingerprint density at radius 1 is 1.40 bits per heavy atom. The van der Waals surface area contributed by atoms with E-state index in [2.05, 4.69) is 5.32 Å². The number of nitrogen functional groups attached to an aromatic ring is 1. The molecule has 1 amide bonds. The van der Waals surface area contributed by atoms with Crippen LogP contribution in [0.5, 0.6) is 0 Å². The number of rotatable bonds is 5. The fraction of sp³-hybridized carbons (Fsp3) is 0.278. The Hall–Kier alpha value is -3.27. The van der Waals surface area contributed by atoms with Gasteiger partial charge in [0.2, 0.25) is 0 Å². The second-order valence-corrected chi connectivity index (χ2v) is 5.54. The Balaban J connectivity index is 2.51. The largest absolute Gasteiger partial charge is 0.464 e. The average molecular weight is 340 g/mol. The van der Waals surface area contributed by atoms with E-state index in [9.17, 15) is 14.9 Å². The molecule has 25 heavy (non-hydrogen) atoms. The van der Waals surface area contributed by atoms with Crippen molar-refractivity contribution in [2.45, 2.75) is 20.3 Å². The summed E-state index contributed by atoms with van der Waals surface area (Å²) in [4.78, 5) is 24.1. The summed E-state index contributed by atoms with van der Waals surface area (Å²) in [6.45, 7) is 4.40. The molecule has 130 valence electrons. The Kier molecular flexibility index (Phi) is 5.45. The summed E-state index contributed by atoms with van der Waals surface area (Å²) in [6.07, 6.45) is 2.34. The average Bonchev–Trinajstić information content (AvgIpc) is 2.95. The van der Waals surface area contributed by atoms with Crippen molar-refractivity contribution < 1.29 is 14.3 Å². The molecule has 1 heterocycles. The molecule has 7 heteroatoms. The molecular formula is C18H20N4O3. The van der Waals surface area contributed by atoms with Crippen LogP contribution in [0.15, 0.2) is 24.4 Å². The molecule has 0 aliphatic rings. The number of methoxy groups -OCH3 is 1. The number of ether oxygens (including phenoxy) is 1. The third-order valence-electron chi connectivity index (χ3n) is 3.80. The molecule has 0 bridgehead atoms. The number of anilines is 1. The number of amides is 1. The van der Waals surface area contributed by atoms with E-state index in [1.807, 2.05) is 19.9 Å². The molecule has 1 aromatic carbocycles. The van der Waals surface area contributed by atoms with E-state index in [1.165, 1.54) is 17.9 Å². The predicted molar refractivity (Wildman–Crippen MR) is 93.6 cm³/mol. The molecule has 3 N–H and O–H groups in total. The predicted octanol–water partition coefficient (Wildman–Crippen LogP) is 2.17. The highest BCUT2D eigenvalue weighted by atomic mass is 16.5. The van der Waals surface area contributed by atoms with Gasteiger partial charge in [0.15, 0.2) is 5.69 Å². The Labute approximate surface area is 146 Å². The van der Waals surface area contributed by atoms with Gasteiger partial charge in [0.05, 0.1) is 18.4 Å². The van der Waals surface area contributed by atoms with Crippen molar-refractivity contribution in [1.82, 2.24) is 9.88 Å². The van der Waals surface area contributed by atoms with Crippen molar-refractivity contribution >= 4 is 17.6 Å². The molecule has 0 unspecified atom stereocenters. The van der Waals surface area contributed by atoms with Crippen molar-refractivity contribution in [3.05, 3.63) is 46.8 Å². The molecule has 0 aliphatic heterocycles. The van der Waals surface area contributed by atoms with Crippen LogP contribution in [0.1, 0.15) is 45.3 Å². The molecule has 2 rings (SSSR count). The lowest BCUT2D eigenvalue weighted by molar-refractivity contribution is 0.0592. The van der Waals surface area contributed by atoms with Gasteiger partial charge in [-0.05, 0) is 37.1 Å². The van der Waals surface area contributed by atoms with E-state index in [0.29, 0.717) is 17.8 Å². The molecule has 7 nitrogen and oxygen atoms in total. The Morgan fingerprint density at radius 2 is 2.12 bits per heavy atom. The first-order valence-corrected chi connectivity index (χ1v) is 7.83. The quantitative estimate of drug-likeness (QED) is 0.811. The molecule has 2 aromatic rings. The molecule has 1 aromatic heterocycles. The fourth-order valence-electron chi connectivity index (χ4n) is 2.51. The molecule has 0 spiro atoms. The minimum atomic E-state index is -0.636. The first-order chi connectivity index (χ1) is 11.9. The summed E-state index contributed by atoms with van der Waals surface area (Å²) < 4.78 is 6.29. The van der Waals surface area contributed by atoms with Gasteiger partial charge in [-0.15, -0.1) is 0 Å². The van der Waals surface area contributed by atoms with E-state index in [-0.39, 0.29) is 22.9 Å². The minimum Gasteiger partial charge on any atom is -0.464 e. The molecule has 0 saturated carbocycles. The van der Waals surface area contributed by atoms with Crippen LogP contribution in [0.3, 0.4) is 0 Å². The smallest absolute Gasteiger partial charge is 0.357 e. The van der Waals surface area contributed by atoms with Crippen LogP contribution >= 0.6 is 0 Å². The van der Waals surface area contributed by atoms with Crippen molar-refractivity contribution in [1.29, 1.82) is 5.26 Å². The number of nitrogens with zero attached hydrogens (tertiary/aromatic N) is 2. The molecular weight excluding hydrogens is 320 g/mol. The molecule has 0 saturated heterocycles. The zero-order valence-corrected chi connectivity index (χ0v) is 14.4. The van der Waals surface area contributed by atoms with Gasteiger partial charge in [-0.25, -0.2) is 4.79 Å². The standard InChI is InChI=1S/C18H20N4O3/c1-4-7-21-17(23)12-5-6-14(11(2)8-12)22-10-13(9-19)15(20)16(22)18(24)25-3/h5-6,8,10H,4,7,20H2,1-3H3,(H,21,23). The maximum atomic E-state index is 12.1. The molecule has 0 radical (unpaired) electrons. The molecule has 0 fully saturated rings. The van der Waals surface area contributed by atoms with Gasteiger partial charge in [0, 0.05) is 24.0 Å². The van der Waals surface area contributed by atoms with Gasteiger partial charge in [0.1, 0.15) is 6.07 Å². The number of aromatic nitrogens is 1. The first-order valence-electron chi connectivity index (χ1n) is 7.83. The summed E-state index contributed by atoms with van der Waals surface area (Å²) >= 11 is 0. The lowest BCUT2D eigenvalue weighted by Crippen LogP contribution is -2.24. The van der Waals surface area contributed by atoms with Crippen LogP contribution in [-0.4, -0.2) is 30.1 Å². The third kappa shape index (κ3) is 3.48. The van der Waals surface area contributed by atoms with Crippen molar-refractivity contribution in [3.63, 3.8) is 0 Å².